The van der Waals surface area contributed by atoms with Crippen molar-refractivity contribution >= 4 is 0 Å². The summed E-state index contributed by atoms with van der Waals surface area (Å²) < 4.78 is 67.6. The molecule has 2 aliphatic rings. The summed E-state index contributed by atoms with van der Waals surface area (Å²) in [5.41, 5.74) is -2.01. The van der Waals surface area contributed by atoms with E-state index < -0.39 is 35.9 Å². The van der Waals surface area contributed by atoms with Crippen LogP contribution < -0.4 is 0 Å². The highest BCUT2D eigenvalue weighted by Crippen LogP contribution is 2.47. The predicted octanol–water partition coefficient (Wildman–Crippen LogP) is 3.56. The van der Waals surface area contributed by atoms with Crippen LogP contribution in [-0.4, -0.2) is 20.8 Å². The topological polar surface area (TPSA) is 38.0 Å². The van der Waals surface area contributed by atoms with Gasteiger partial charge in [-0.25, -0.2) is 8.78 Å². The third kappa shape index (κ3) is 2.51. The van der Waals surface area contributed by atoms with Crippen LogP contribution >= 0.6 is 0 Å². The van der Waals surface area contributed by atoms with Crippen molar-refractivity contribution in [1.82, 2.24) is 9.78 Å². The maximum absolute atomic E-state index is 13.6. The summed E-state index contributed by atoms with van der Waals surface area (Å²) in [5.74, 6) is -2.79. The Hall–Kier alpha value is -1.18. The molecule has 3 nitrogen and oxygen atoms in total. The molecular weight excluding hydrogens is 307 g/mol. The molecule has 1 heterocycles. The molecule has 1 saturated carbocycles. The Bertz CT molecular complexity index is 575. The van der Waals surface area contributed by atoms with Crippen molar-refractivity contribution in [2.45, 2.75) is 57.4 Å². The summed E-state index contributed by atoms with van der Waals surface area (Å²) in [7, 11) is 0. The second kappa shape index (κ2) is 4.91. The molecule has 0 bridgehead atoms. The van der Waals surface area contributed by atoms with Crippen molar-refractivity contribution in [3.8, 4) is 0 Å². The number of fused-ring (bicyclic) bond motifs is 1. The fourth-order valence-electron chi connectivity index (χ4n) is 3.52. The monoisotopic (exact) mass is 324 g/mol. The number of hydrogen-bond acceptors (Lipinski definition) is 2. The van der Waals surface area contributed by atoms with E-state index >= 15 is 0 Å². The molecule has 22 heavy (non-hydrogen) atoms. The molecule has 8 heteroatoms. The quantitative estimate of drug-likeness (QED) is 0.845. The fraction of sp³-hybridized carbons (Fsp3) is 0.786. The summed E-state index contributed by atoms with van der Waals surface area (Å²) in [4.78, 5) is 0. The maximum atomic E-state index is 13.6. The van der Waals surface area contributed by atoms with Crippen LogP contribution in [0.4, 0.5) is 22.0 Å². The molecule has 0 spiro atoms. The van der Waals surface area contributed by atoms with E-state index in [1.165, 1.54) is 4.68 Å². The van der Waals surface area contributed by atoms with Crippen molar-refractivity contribution in [3.63, 3.8) is 0 Å². The highest BCUT2D eigenvalue weighted by Gasteiger charge is 2.51. The van der Waals surface area contributed by atoms with E-state index in [4.69, 9.17) is 0 Å². The normalized spacial score (nSPS) is 30.8. The smallest absolute Gasteiger partial charge is 0.382 e. The molecule has 0 saturated heterocycles. The number of rotatable bonds is 2. The van der Waals surface area contributed by atoms with Crippen molar-refractivity contribution in [1.29, 1.82) is 0 Å². The molecule has 1 N–H and O–H groups in total. The Morgan fingerprint density at radius 2 is 1.95 bits per heavy atom. The second-order valence-electron chi connectivity index (χ2n) is 6.50. The van der Waals surface area contributed by atoms with Gasteiger partial charge in [0.2, 0.25) is 0 Å². The first kappa shape index (κ1) is 15.7. The van der Waals surface area contributed by atoms with Gasteiger partial charge in [0.25, 0.3) is 5.92 Å². The maximum Gasteiger partial charge on any atom is 0.435 e. The second-order valence-corrected chi connectivity index (χ2v) is 6.50. The van der Waals surface area contributed by atoms with Crippen molar-refractivity contribution < 1.29 is 27.1 Å². The lowest BCUT2D eigenvalue weighted by Gasteiger charge is -2.33. The van der Waals surface area contributed by atoms with Crippen LogP contribution in [0.5, 0.6) is 0 Å². The summed E-state index contributed by atoms with van der Waals surface area (Å²) in [5, 5.41) is 13.2. The van der Waals surface area contributed by atoms with Gasteiger partial charge in [-0.05, 0) is 31.1 Å². The van der Waals surface area contributed by atoms with E-state index in [1.54, 1.807) is 0 Å². The van der Waals surface area contributed by atoms with Gasteiger partial charge >= 0.3 is 6.18 Å². The highest BCUT2D eigenvalue weighted by atomic mass is 19.4. The Morgan fingerprint density at radius 1 is 1.32 bits per heavy atom. The Balaban J connectivity index is 1.99. The van der Waals surface area contributed by atoms with Gasteiger partial charge in [0.05, 0.1) is 0 Å². The van der Waals surface area contributed by atoms with Crippen LogP contribution in [0.2, 0.25) is 0 Å². The molecule has 0 unspecified atom stereocenters. The third-order valence-corrected chi connectivity index (χ3v) is 4.64. The molecular formula is C14H17F5N2O. The third-order valence-electron chi connectivity index (χ3n) is 4.64. The zero-order valence-electron chi connectivity index (χ0n) is 12.0. The predicted molar refractivity (Wildman–Crippen MR) is 67.3 cm³/mol. The number of hydrogen-bond donors (Lipinski definition) is 1. The van der Waals surface area contributed by atoms with E-state index in [2.05, 4.69) is 12.0 Å². The van der Waals surface area contributed by atoms with Crippen LogP contribution in [-0.2, 0) is 19.1 Å². The van der Waals surface area contributed by atoms with Gasteiger partial charge in [0, 0.05) is 24.2 Å². The summed E-state index contributed by atoms with van der Waals surface area (Å²) in [6.07, 6.45) is -6.36. The van der Waals surface area contributed by atoms with Gasteiger partial charge in [-0.1, -0.05) is 6.92 Å². The summed E-state index contributed by atoms with van der Waals surface area (Å²) in [6, 6.07) is 0. The molecule has 0 radical (unpaired) electrons. The SMILES string of the molecule is C[C@H]1C[C@H](Cn2nc(C(F)(F)F)c3c2CCC(F)(F)[C@H]3O)C1. The summed E-state index contributed by atoms with van der Waals surface area (Å²) in [6.45, 7) is 2.35. The number of alkyl halides is 5. The minimum atomic E-state index is -4.85. The highest BCUT2D eigenvalue weighted by molar-refractivity contribution is 5.35. The molecule has 0 aliphatic heterocycles. The van der Waals surface area contributed by atoms with Crippen molar-refractivity contribution in [3.05, 3.63) is 17.0 Å². The molecule has 0 aromatic carbocycles. The first-order chi connectivity index (χ1) is 10.1. The van der Waals surface area contributed by atoms with Gasteiger partial charge in [-0.15, -0.1) is 0 Å². The molecule has 1 aromatic rings. The molecule has 124 valence electrons. The van der Waals surface area contributed by atoms with Crippen molar-refractivity contribution in [2.24, 2.45) is 11.8 Å². The van der Waals surface area contributed by atoms with E-state index in [9.17, 15) is 27.1 Å². The molecule has 2 aliphatic carbocycles. The molecule has 0 amide bonds. The van der Waals surface area contributed by atoms with Gasteiger partial charge < -0.3 is 5.11 Å². The van der Waals surface area contributed by atoms with Crippen LogP contribution in [0, 0.1) is 11.8 Å². The largest absolute Gasteiger partial charge is 0.435 e. The average molecular weight is 324 g/mol. The molecule has 1 aromatic heterocycles. The Kier molecular flexibility index (Phi) is 3.50. The van der Waals surface area contributed by atoms with Crippen LogP contribution in [0.3, 0.4) is 0 Å². The lowest BCUT2D eigenvalue weighted by Crippen LogP contribution is -2.34. The molecule has 3 rings (SSSR count). The Morgan fingerprint density at radius 3 is 2.50 bits per heavy atom. The lowest BCUT2D eigenvalue weighted by atomic mass is 9.76. The fourth-order valence-corrected chi connectivity index (χ4v) is 3.52. The van der Waals surface area contributed by atoms with Gasteiger partial charge in [-0.3, -0.25) is 4.68 Å². The van der Waals surface area contributed by atoms with Crippen LogP contribution in [0.15, 0.2) is 0 Å². The Labute approximate surface area is 124 Å². The van der Waals surface area contributed by atoms with E-state index in [-0.39, 0.29) is 18.0 Å². The van der Waals surface area contributed by atoms with Gasteiger partial charge in [0.1, 0.15) is 6.10 Å². The van der Waals surface area contributed by atoms with Crippen LogP contribution in [0.25, 0.3) is 0 Å². The average Bonchev–Trinajstić information content (AvgIpc) is 2.71. The number of aromatic nitrogens is 2. The minimum Gasteiger partial charge on any atom is -0.382 e. The van der Waals surface area contributed by atoms with Gasteiger partial charge in [0.15, 0.2) is 5.69 Å². The van der Waals surface area contributed by atoms with E-state index in [0.29, 0.717) is 12.5 Å². The van der Waals surface area contributed by atoms with Crippen LogP contribution in [0.1, 0.15) is 49.2 Å². The first-order valence-corrected chi connectivity index (χ1v) is 7.32. The zero-order chi connectivity index (χ0) is 16.3. The van der Waals surface area contributed by atoms with E-state index in [0.717, 1.165) is 12.8 Å². The van der Waals surface area contributed by atoms with E-state index in [1.807, 2.05) is 0 Å². The number of halogens is 5. The number of aliphatic hydroxyl groups excluding tert-OH is 1. The van der Waals surface area contributed by atoms with Gasteiger partial charge in [-0.2, -0.15) is 18.3 Å². The standard InChI is InChI=1S/C14H17F5N2O/c1-7-4-8(5-7)6-21-9-2-3-13(15,16)12(22)10(9)11(20-21)14(17,18)19/h7-8,12,22H,2-6H2,1H3/t7-,8-,12-/m0/s1. The summed E-state index contributed by atoms with van der Waals surface area (Å²) >= 11 is 0. The molecule has 1 atom stereocenters. The zero-order valence-corrected chi connectivity index (χ0v) is 12.0. The number of aliphatic hydroxyl groups is 1. The molecule has 1 fully saturated rings. The number of nitrogens with zero attached hydrogens (tertiary/aromatic N) is 2. The lowest BCUT2D eigenvalue weighted by molar-refractivity contribution is -0.150. The first-order valence-electron chi connectivity index (χ1n) is 7.32. The minimum absolute atomic E-state index is 0.102. The van der Waals surface area contributed by atoms with Crippen molar-refractivity contribution in [2.75, 3.05) is 0 Å².